The summed E-state index contributed by atoms with van der Waals surface area (Å²) in [6, 6.07) is 0. The van der Waals surface area contributed by atoms with E-state index in [0.29, 0.717) is 6.54 Å². The second-order valence-corrected chi connectivity index (χ2v) is 3.86. The molecule has 1 rings (SSSR count). The van der Waals surface area contributed by atoms with E-state index in [1.807, 2.05) is 0 Å². The molecular weight excluding hydrogens is 224 g/mol. The van der Waals surface area contributed by atoms with Gasteiger partial charge in [0.25, 0.3) is 0 Å². The fourth-order valence-corrected chi connectivity index (χ4v) is 1.63. The number of nitrogens with zero attached hydrogens (tertiary/aromatic N) is 4. The van der Waals surface area contributed by atoms with E-state index in [1.165, 1.54) is 0 Å². The lowest BCUT2D eigenvalue weighted by Gasteiger charge is -1.99. The average molecular weight is 236 g/mol. The molecule has 84 valence electrons. The Morgan fingerprint density at radius 2 is 2.50 bits per heavy atom. The van der Waals surface area contributed by atoms with Crippen LogP contribution in [0.15, 0.2) is 23.6 Å². The number of nitrogens with one attached hydrogen (secondary N) is 1. The molecule has 0 aliphatic carbocycles. The van der Waals surface area contributed by atoms with Crippen LogP contribution in [-0.2, 0) is 5.75 Å². The molecule has 0 bridgehead atoms. The molecule has 3 N–H and O–H groups in total. The van der Waals surface area contributed by atoms with Crippen LogP contribution in [0.4, 0.5) is 0 Å². The van der Waals surface area contributed by atoms with Crippen molar-refractivity contribution in [2.24, 2.45) is 10.7 Å². The van der Waals surface area contributed by atoms with E-state index in [1.54, 1.807) is 36.5 Å². The minimum absolute atomic E-state index is 0.155. The van der Waals surface area contributed by atoms with Gasteiger partial charge < -0.3 is 5.73 Å². The summed E-state index contributed by atoms with van der Waals surface area (Å²) in [4.78, 5) is 12.1. The maximum atomic E-state index is 8.25. The van der Waals surface area contributed by atoms with Crippen LogP contribution in [-0.4, -0.2) is 28.2 Å². The van der Waals surface area contributed by atoms with Crippen molar-refractivity contribution < 1.29 is 0 Å². The highest BCUT2D eigenvalue weighted by atomic mass is 32.2. The molecule has 16 heavy (non-hydrogen) atoms. The van der Waals surface area contributed by atoms with Crippen molar-refractivity contribution in [3.63, 3.8) is 0 Å². The van der Waals surface area contributed by atoms with Gasteiger partial charge in [-0.3, -0.25) is 20.3 Å². The van der Waals surface area contributed by atoms with E-state index in [4.69, 9.17) is 11.0 Å². The molecular formula is C9H12N6S. The Morgan fingerprint density at radius 3 is 3.19 bits per heavy atom. The lowest BCUT2D eigenvalue weighted by molar-refractivity contribution is 1.08. The summed E-state index contributed by atoms with van der Waals surface area (Å²) in [5.74, 6) is 1.78. The Bertz CT molecular complexity index is 371. The van der Waals surface area contributed by atoms with Gasteiger partial charge in [0.15, 0.2) is 6.19 Å². The summed E-state index contributed by atoms with van der Waals surface area (Å²) in [6.07, 6.45) is 6.76. The summed E-state index contributed by atoms with van der Waals surface area (Å²) in [6.45, 7) is 0.575. The minimum Gasteiger partial charge on any atom is -0.369 e. The Labute approximate surface area is 98.0 Å². The smallest absolute Gasteiger partial charge is 0.202 e. The van der Waals surface area contributed by atoms with Gasteiger partial charge in [0, 0.05) is 30.1 Å². The van der Waals surface area contributed by atoms with Crippen molar-refractivity contribution in [2.75, 3.05) is 12.3 Å². The van der Waals surface area contributed by atoms with E-state index < -0.39 is 0 Å². The predicted molar refractivity (Wildman–Crippen MR) is 63.4 cm³/mol. The second-order valence-electron chi connectivity index (χ2n) is 2.75. The number of aliphatic imine (C=N–C) groups is 1. The van der Waals surface area contributed by atoms with Crippen LogP contribution in [0.5, 0.6) is 0 Å². The molecule has 0 aliphatic rings. The van der Waals surface area contributed by atoms with Gasteiger partial charge in [-0.1, -0.05) is 0 Å². The van der Waals surface area contributed by atoms with E-state index >= 15 is 0 Å². The molecule has 0 saturated carbocycles. The van der Waals surface area contributed by atoms with Gasteiger partial charge in [-0.15, -0.1) is 0 Å². The number of thioether (sulfide) groups is 1. The highest BCUT2D eigenvalue weighted by molar-refractivity contribution is 7.98. The molecule has 1 aromatic rings. The third kappa shape index (κ3) is 5.17. The number of rotatable bonds is 5. The number of nitrogens with two attached hydrogens (primary N) is 1. The summed E-state index contributed by atoms with van der Waals surface area (Å²) >= 11 is 1.69. The van der Waals surface area contributed by atoms with E-state index in [0.717, 1.165) is 17.2 Å². The third-order valence-electron chi connectivity index (χ3n) is 1.57. The van der Waals surface area contributed by atoms with Gasteiger partial charge in [0.05, 0.1) is 12.2 Å². The van der Waals surface area contributed by atoms with Crippen molar-refractivity contribution in [1.82, 2.24) is 15.3 Å². The SMILES string of the molecule is N#CNC(N)=NCCSCc1cnccn1. The van der Waals surface area contributed by atoms with Gasteiger partial charge in [-0.2, -0.15) is 17.0 Å². The lowest BCUT2D eigenvalue weighted by Crippen LogP contribution is -2.27. The molecule has 0 unspecified atom stereocenters. The summed E-state index contributed by atoms with van der Waals surface area (Å²) in [7, 11) is 0. The molecule has 1 aromatic heterocycles. The molecule has 0 atom stereocenters. The third-order valence-corrected chi connectivity index (χ3v) is 2.54. The van der Waals surface area contributed by atoms with Crippen LogP contribution in [0.3, 0.4) is 0 Å². The molecule has 0 spiro atoms. The van der Waals surface area contributed by atoms with Gasteiger partial charge in [0.1, 0.15) is 0 Å². The fourth-order valence-electron chi connectivity index (χ4n) is 0.909. The highest BCUT2D eigenvalue weighted by Crippen LogP contribution is 2.07. The zero-order valence-corrected chi connectivity index (χ0v) is 9.44. The second kappa shape index (κ2) is 7.48. The zero-order valence-electron chi connectivity index (χ0n) is 8.63. The van der Waals surface area contributed by atoms with Crippen LogP contribution in [0.25, 0.3) is 0 Å². The molecule has 0 amide bonds. The predicted octanol–water partition coefficient (Wildman–Crippen LogP) is 0.0952. The standard InChI is InChI=1S/C9H12N6S/c10-7-15-9(11)14-3-4-16-6-8-5-12-1-2-13-8/h1-2,5H,3-4,6H2,(H3,11,14,15). The number of nitriles is 1. The largest absolute Gasteiger partial charge is 0.369 e. The van der Waals surface area contributed by atoms with Crippen LogP contribution < -0.4 is 11.1 Å². The highest BCUT2D eigenvalue weighted by Gasteiger charge is 1.94. The average Bonchev–Trinajstić information content (AvgIpc) is 2.30. The van der Waals surface area contributed by atoms with Gasteiger partial charge in [0.2, 0.25) is 5.96 Å². The van der Waals surface area contributed by atoms with Crippen LogP contribution in [0.1, 0.15) is 5.69 Å². The quantitative estimate of drug-likeness (QED) is 0.247. The summed E-state index contributed by atoms with van der Waals surface area (Å²) in [5.41, 5.74) is 6.31. The molecule has 6 nitrogen and oxygen atoms in total. The Hall–Kier alpha value is -1.81. The van der Waals surface area contributed by atoms with Crippen molar-refractivity contribution in [1.29, 1.82) is 5.26 Å². The molecule has 0 aliphatic heterocycles. The maximum absolute atomic E-state index is 8.25. The van der Waals surface area contributed by atoms with E-state index in [-0.39, 0.29) is 5.96 Å². The molecule has 0 saturated heterocycles. The Kier molecular flexibility index (Phi) is 5.73. The van der Waals surface area contributed by atoms with Crippen molar-refractivity contribution in [3.05, 3.63) is 24.3 Å². The summed E-state index contributed by atoms with van der Waals surface area (Å²) in [5, 5.41) is 10.5. The van der Waals surface area contributed by atoms with Crippen molar-refractivity contribution in [2.45, 2.75) is 5.75 Å². The Balaban J connectivity index is 2.13. The number of hydrogen-bond acceptors (Lipinski definition) is 5. The topological polar surface area (TPSA) is 100.0 Å². The Morgan fingerprint density at radius 1 is 1.62 bits per heavy atom. The zero-order chi connectivity index (χ0) is 11.6. The van der Waals surface area contributed by atoms with Crippen LogP contribution in [0.2, 0.25) is 0 Å². The lowest BCUT2D eigenvalue weighted by atomic mass is 10.5. The maximum Gasteiger partial charge on any atom is 0.202 e. The van der Waals surface area contributed by atoms with Crippen LogP contribution >= 0.6 is 11.8 Å². The first kappa shape index (κ1) is 12.3. The monoisotopic (exact) mass is 236 g/mol. The molecule has 1 heterocycles. The number of guanidine groups is 1. The van der Waals surface area contributed by atoms with E-state index in [2.05, 4.69) is 20.3 Å². The van der Waals surface area contributed by atoms with Crippen molar-refractivity contribution in [3.8, 4) is 6.19 Å². The minimum atomic E-state index is 0.155. The molecule has 0 radical (unpaired) electrons. The molecule has 0 fully saturated rings. The molecule has 0 aromatic carbocycles. The van der Waals surface area contributed by atoms with E-state index in [9.17, 15) is 0 Å². The first-order chi connectivity index (χ1) is 7.83. The van der Waals surface area contributed by atoms with Crippen LogP contribution in [0, 0.1) is 11.5 Å². The first-order valence-corrected chi connectivity index (χ1v) is 5.76. The first-order valence-electron chi connectivity index (χ1n) is 4.60. The molecule has 7 heteroatoms. The number of aromatic nitrogens is 2. The normalized spacial score (nSPS) is 10.8. The number of hydrogen-bond donors (Lipinski definition) is 2. The summed E-state index contributed by atoms with van der Waals surface area (Å²) < 4.78 is 0. The van der Waals surface area contributed by atoms with Gasteiger partial charge in [-0.05, 0) is 0 Å². The fraction of sp³-hybridized carbons (Fsp3) is 0.333. The van der Waals surface area contributed by atoms with Gasteiger partial charge in [-0.25, -0.2) is 0 Å². The van der Waals surface area contributed by atoms with Crippen molar-refractivity contribution >= 4 is 17.7 Å². The van der Waals surface area contributed by atoms with Gasteiger partial charge >= 0.3 is 0 Å².